The van der Waals surface area contributed by atoms with E-state index in [1.54, 1.807) is 17.0 Å². The minimum absolute atomic E-state index is 0.0307. The monoisotopic (exact) mass is 522 g/mol. The second-order valence-electron chi connectivity index (χ2n) is 10.3. The van der Waals surface area contributed by atoms with E-state index in [-0.39, 0.29) is 42.0 Å². The number of aliphatic hydroxyl groups excluding tert-OH is 1. The van der Waals surface area contributed by atoms with Crippen LogP contribution in [0.5, 0.6) is 5.75 Å². The standard InChI is InChI=1S/C28H30N2O6S/c1-19-12-21(25-4-2-3-5-26(25)29-19)15-36-23-8-10-24(11-9-23)37(34,35)18-28(13-22(32)14-31)16-30(17-28)27(33)20-6-7-20/h2-5,8-12,20,31H,6-7,13-18H2,1H3. The summed E-state index contributed by atoms with van der Waals surface area (Å²) in [5, 5.41) is 10.3. The molecule has 1 saturated heterocycles. The van der Waals surface area contributed by atoms with Gasteiger partial charge in [-0.3, -0.25) is 14.6 Å². The first-order chi connectivity index (χ1) is 17.7. The Morgan fingerprint density at radius 2 is 1.81 bits per heavy atom. The first kappa shape index (κ1) is 25.4. The summed E-state index contributed by atoms with van der Waals surface area (Å²) in [7, 11) is -3.74. The maximum atomic E-state index is 13.3. The summed E-state index contributed by atoms with van der Waals surface area (Å²) in [6.45, 7) is 2.03. The summed E-state index contributed by atoms with van der Waals surface area (Å²) in [5.74, 6) is -0.0837. The van der Waals surface area contributed by atoms with Gasteiger partial charge in [0.05, 0.1) is 16.2 Å². The first-order valence-corrected chi connectivity index (χ1v) is 14.1. The third kappa shape index (κ3) is 5.52. The molecular formula is C28H30N2O6S. The minimum Gasteiger partial charge on any atom is -0.489 e. The molecule has 37 heavy (non-hydrogen) atoms. The summed E-state index contributed by atoms with van der Waals surface area (Å²) < 4.78 is 32.5. The quantitative estimate of drug-likeness (QED) is 0.435. The van der Waals surface area contributed by atoms with E-state index in [1.165, 1.54) is 12.1 Å². The van der Waals surface area contributed by atoms with Gasteiger partial charge in [0, 0.05) is 47.5 Å². The Morgan fingerprint density at radius 1 is 1.11 bits per heavy atom. The lowest BCUT2D eigenvalue weighted by Gasteiger charge is -2.50. The number of sulfone groups is 1. The van der Waals surface area contributed by atoms with E-state index < -0.39 is 27.6 Å². The van der Waals surface area contributed by atoms with E-state index in [2.05, 4.69) is 4.98 Å². The number of nitrogens with zero attached hydrogens (tertiary/aromatic N) is 2. The highest BCUT2D eigenvalue weighted by Gasteiger charge is 2.51. The molecule has 1 aliphatic heterocycles. The molecule has 0 spiro atoms. The van der Waals surface area contributed by atoms with Crippen LogP contribution in [0.1, 0.15) is 30.5 Å². The molecule has 2 aliphatic rings. The zero-order valence-corrected chi connectivity index (χ0v) is 21.5. The topological polar surface area (TPSA) is 114 Å². The van der Waals surface area contributed by atoms with Gasteiger partial charge < -0.3 is 14.7 Å². The SMILES string of the molecule is Cc1cc(COc2ccc(S(=O)(=O)CC3(CC(=O)CO)CN(C(=O)C4CC4)C3)cc2)c2ccccc2n1. The number of likely N-dealkylation sites (tertiary alicyclic amines) is 1. The van der Waals surface area contributed by atoms with Crippen LogP contribution < -0.4 is 4.74 Å². The van der Waals surface area contributed by atoms with Crippen molar-refractivity contribution in [3.63, 3.8) is 0 Å². The van der Waals surface area contributed by atoms with Crippen LogP contribution >= 0.6 is 0 Å². The van der Waals surface area contributed by atoms with Gasteiger partial charge in [-0.25, -0.2) is 8.42 Å². The van der Waals surface area contributed by atoms with E-state index in [0.29, 0.717) is 12.4 Å². The predicted molar refractivity (Wildman–Crippen MR) is 138 cm³/mol. The molecule has 0 unspecified atom stereocenters. The fourth-order valence-electron chi connectivity index (χ4n) is 5.14. The van der Waals surface area contributed by atoms with Crippen LogP contribution in [0.25, 0.3) is 10.9 Å². The van der Waals surface area contributed by atoms with Gasteiger partial charge in [-0.1, -0.05) is 18.2 Å². The highest BCUT2D eigenvalue weighted by molar-refractivity contribution is 7.91. The second kappa shape index (κ2) is 9.87. The van der Waals surface area contributed by atoms with E-state index in [4.69, 9.17) is 4.74 Å². The number of fused-ring (bicyclic) bond motifs is 1. The number of ketones is 1. The number of ether oxygens (including phenoxy) is 1. The molecule has 9 heteroatoms. The fraction of sp³-hybridized carbons (Fsp3) is 0.393. The third-order valence-electron chi connectivity index (χ3n) is 7.04. The second-order valence-corrected chi connectivity index (χ2v) is 12.3. The Morgan fingerprint density at radius 3 is 2.49 bits per heavy atom. The maximum absolute atomic E-state index is 13.3. The molecule has 2 aromatic carbocycles. The number of aromatic nitrogens is 1. The van der Waals surface area contributed by atoms with Gasteiger partial charge in [0.15, 0.2) is 15.6 Å². The van der Waals surface area contributed by atoms with Crippen LogP contribution in [0.2, 0.25) is 0 Å². The highest BCUT2D eigenvalue weighted by Crippen LogP contribution is 2.41. The minimum atomic E-state index is -3.74. The molecule has 1 aliphatic carbocycles. The number of hydrogen-bond acceptors (Lipinski definition) is 7. The fourth-order valence-corrected chi connectivity index (χ4v) is 6.95. The number of benzene rings is 2. The lowest BCUT2D eigenvalue weighted by atomic mass is 9.77. The number of carbonyl (C=O) groups is 2. The van der Waals surface area contributed by atoms with Gasteiger partial charge in [0.1, 0.15) is 19.0 Å². The molecule has 194 valence electrons. The molecule has 2 fully saturated rings. The molecule has 3 aromatic rings. The zero-order valence-electron chi connectivity index (χ0n) is 20.7. The molecule has 1 amide bonds. The Bertz CT molecular complexity index is 1440. The van der Waals surface area contributed by atoms with Crippen molar-refractivity contribution in [3.8, 4) is 5.75 Å². The van der Waals surface area contributed by atoms with Crippen LogP contribution in [0.15, 0.2) is 59.5 Å². The number of aliphatic hydroxyl groups is 1. The normalized spacial score (nSPS) is 16.9. The summed E-state index contributed by atoms with van der Waals surface area (Å²) in [5.41, 5.74) is 1.90. The van der Waals surface area contributed by atoms with Crippen molar-refractivity contribution in [1.29, 1.82) is 0 Å². The molecule has 8 nitrogen and oxygen atoms in total. The molecular weight excluding hydrogens is 492 g/mol. The summed E-state index contributed by atoms with van der Waals surface area (Å²) >= 11 is 0. The molecule has 2 heterocycles. The van der Waals surface area contributed by atoms with Crippen LogP contribution in [0.3, 0.4) is 0 Å². The zero-order chi connectivity index (χ0) is 26.2. The van der Waals surface area contributed by atoms with Crippen molar-refractivity contribution < 1.29 is 27.9 Å². The van der Waals surface area contributed by atoms with Crippen molar-refractivity contribution >= 4 is 32.4 Å². The molecule has 0 bridgehead atoms. The Labute approximate surface area is 216 Å². The number of pyridine rings is 1. The molecule has 5 rings (SSSR count). The first-order valence-electron chi connectivity index (χ1n) is 12.4. The largest absolute Gasteiger partial charge is 0.489 e. The third-order valence-corrected chi connectivity index (χ3v) is 9.03. The van der Waals surface area contributed by atoms with Crippen molar-refractivity contribution in [1.82, 2.24) is 9.88 Å². The Hall–Kier alpha value is -3.30. The van der Waals surface area contributed by atoms with Gasteiger partial charge in [-0.05, 0) is 56.2 Å². The average molecular weight is 523 g/mol. The number of amides is 1. The van der Waals surface area contributed by atoms with Gasteiger partial charge in [-0.15, -0.1) is 0 Å². The van der Waals surface area contributed by atoms with Gasteiger partial charge in [0.2, 0.25) is 5.91 Å². The lowest BCUT2D eigenvalue weighted by Crippen LogP contribution is -2.62. The number of hydrogen-bond donors (Lipinski definition) is 1. The van der Waals surface area contributed by atoms with E-state index in [0.717, 1.165) is 35.0 Å². The van der Waals surface area contributed by atoms with Crippen molar-refractivity contribution in [2.24, 2.45) is 11.3 Å². The van der Waals surface area contributed by atoms with Crippen LogP contribution in [-0.4, -0.2) is 60.5 Å². The summed E-state index contributed by atoms with van der Waals surface area (Å²) in [6.07, 6.45) is 1.65. The number of rotatable bonds is 10. The Kier molecular flexibility index (Phi) is 6.76. The van der Waals surface area contributed by atoms with Gasteiger partial charge in [-0.2, -0.15) is 0 Å². The lowest BCUT2D eigenvalue weighted by molar-refractivity contribution is -0.146. The van der Waals surface area contributed by atoms with Crippen LogP contribution in [0.4, 0.5) is 0 Å². The smallest absolute Gasteiger partial charge is 0.225 e. The summed E-state index contributed by atoms with van der Waals surface area (Å²) in [6, 6.07) is 16.1. The number of Topliss-reactive ketones (excluding diaryl/α,β-unsaturated/α-hetero) is 1. The van der Waals surface area contributed by atoms with Crippen LogP contribution in [-0.2, 0) is 26.0 Å². The van der Waals surface area contributed by atoms with E-state index in [1.807, 2.05) is 37.3 Å². The number of aryl methyl sites for hydroxylation is 1. The molecule has 1 N–H and O–H groups in total. The summed E-state index contributed by atoms with van der Waals surface area (Å²) in [4.78, 5) is 30.7. The maximum Gasteiger partial charge on any atom is 0.225 e. The highest BCUT2D eigenvalue weighted by atomic mass is 32.2. The number of para-hydroxylation sites is 1. The number of carbonyl (C=O) groups excluding carboxylic acids is 2. The van der Waals surface area contributed by atoms with E-state index >= 15 is 0 Å². The molecule has 0 radical (unpaired) electrons. The molecule has 1 aromatic heterocycles. The van der Waals surface area contributed by atoms with Crippen molar-refractivity contribution in [2.45, 2.75) is 37.7 Å². The average Bonchev–Trinajstić information content (AvgIpc) is 3.70. The van der Waals surface area contributed by atoms with Gasteiger partial charge >= 0.3 is 0 Å². The predicted octanol–water partition coefficient (Wildman–Crippen LogP) is 3.09. The van der Waals surface area contributed by atoms with E-state index in [9.17, 15) is 23.1 Å². The van der Waals surface area contributed by atoms with Crippen molar-refractivity contribution in [3.05, 3.63) is 65.9 Å². The van der Waals surface area contributed by atoms with Crippen LogP contribution in [0, 0.1) is 18.3 Å². The van der Waals surface area contributed by atoms with Gasteiger partial charge in [0.25, 0.3) is 0 Å². The Balaban J connectivity index is 1.27. The molecule has 0 atom stereocenters. The molecule has 1 saturated carbocycles. The van der Waals surface area contributed by atoms with Crippen molar-refractivity contribution in [2.75, 3.05) is 25.4 Å².